The molecule has 3 aromatic rings. The van der Waals surface area contributed by atoms with Crippen molar-refractivity contribution in [1.29, 1.82) is 0 Å². The SMILES string of the molecule is NC1CN(Cc2cnn(Cc3ccccc3)c2)Cc2ccccc21. The molecule has 1 atom stereocenters. The van der Waals surface area contributed by atoms with Crippen LogP contribution in [0.1, 0.15) is 28.3 Å². The predicted molar refractivity (Wildman–Crippen MR) is 95.3 cm³/mol. The zero-order chi connectivity index (χ0) is 16.4. The molecule has 0 amide bonds. The van der Waals surface area contributed by atoms with Gasteiger partial charge in [0.2, 0.25) is 0 Å². The van der Waals surface area contributed by atoms with Crippen molar-refractivity contribution in [1.82, 2.24) is 14.7 Å². The number of hydrogen-bond donors (Lipinski definition) is 1. The number of hydrogen-bond acceptors (Lipinski definition) is 3. The second kappa shape index (κ2) is 6.59. The van der Waals surface area contributed by atoms with E-state index in [1.165, 1.54) is 22.3 Å². The fraction of sp³-hybridized carbons (Fsp3) is 0.250. The second-order valence-electron chi connectivity index (χ2n) is 6.51. The Balaban J connectivity index is 1.43. The fourth-order valence-electron chi connectivity index (χ4n) is 3.45. The summed E-state index contributed by atoms with van der Waals surface area (Å²) in [5, 5.41) is 4.50. The number of fused-ring (bicyclic) bond motifs is 1. The highest BCUT2D eigenvalue weighted by atomic mass is 15.3. The molecular formula is C20H22N4. The van der Waals surface area contributed by atoms with Crippen LogP contribution in [0.25, 0.3) is 0 Å². The van der Waals surface area contributed by atoms with Gasteiger partial charge >= 0.3 is 0 Å². The zero-order valence-electron chi connectivity index (χ0n) is 13.7. The number of rotatable bonds is 4. The van der Waals surface area contributed by atoms with Crippen LogP contribution in [0.2, 0.25) is 0 Å². The van der Waals surface area contributed by atoms with Gasteiger partial charge in [-0.05, 0) is 16.7 Å². The van der Waals surface area contributed by atoms with Crippen molar-refractivity contribution in [3.63, 3.8) is 0 Å². The van der Waals surface area contributed by atoms with Gasteiger partial charge in [-0.15, -0.1) is 0 Å². The van der Waals surface area contributed by atoms with E-state index in [1.807, 2.05) is 16.9 Å². The first-order valence-electron chi connectivity index (χ1n) is 8.39. The standard InChI is InChI=1S/C20H22N4/c21-20-15-23(14-18-8-4-5-9-19(18)20)11-17-10-22-24(13-17)12-16-6-2-1-3-7-16/h1-10,13,20H,11-12,14-15,21H2. The van der Waals surface area contributed by atoms with E-state index in [1.54, 1.807) is 0 Å². The Morgan fingerprint density at radius 1 is 0.958 bits per heavy atom. The molecule has 0 saturated carbocycles. The topological polar surface area (TPSA) is 47.1 Å². The van der Waals surface area contributed by atoms with Gasteiger partial charge in [0.15, 0.2) is 0 Å². The van der Waals surface area contributed by atoms with Crippen molar-refractivity contribution < 1.29 is 0 Å². The van der Waals surface area contributed by atoms with Gasteiger partial charge in [0, 0.05) is 37.4 Å². The van der Waals surface area contributed by atoms with Crippen LogP contribution < -0.4 is 5.73 Å². The molecule has 0 radical (unpaired) electrons. The highest BCUT2D eigenvalue weighted by Gasteiger charge is 2.22. The maximum atomic E-state index is 6.34. The predicted octanol–water partition coefficient (Wildman–Crippen LogP) is 2.95. The van der Waals surface area contributed by atoms with Gasteiger partial charge in [0.1, 0.15) is 0 Å². The van der Waals surface area contributed by atoms with Crippen molar-refractivity contribution in [2.45, 2.75) is 25.7 Å². The highest BCUT2D eigenvalue weighted by Crippen LogP contribution is 2.25. The second-order valence-corrected chi connectivity index (χ2v) is 6.51. The number of nitrogens with zero attached hydrogens (tertiary/aromatic N) is 3. The summed E-state index contributed by atoms with van der Waals surface area (Å²) in [4.78, 5) is 2.40. The van der Waals surface area contributed by atoms with E-state index >= 15 is 0 Å². The van der Waals surface area contributed by atoms with Gasteiger partial charge in [0.25, 0.3) is 0 Å². The number of benzene rings is 2. The van der Waals surface area contributed by atoms with E-state index in [2.05, 4.69) is 64.7 Å². The van der Waals surface area contributed by atoms with E-state index < -0.39 is 0 Å². The summed E-state index contributed by atoms with van der Waals surface area (Å²) in [5.74, 6) is 0. The monoisotopic (exact) mass is 318 g/mol. The van der Waals surface area contributed by atoms with E-state index in [9.17, 15) is 0 Å². The molecule has 24 heavy (non-hydrogen) atoms. The molecule has 122 valence electrons. The lowest BCUT2D eigenvalue weighted by Crippen LogP contribution is -2.36. The summed E-state index contributed by atoms with van der Waals surface area (Å²) in [5.41, 5.74) is 11.5. The van der Waals surface area contributed by atoms with E-state index in [4.69, 9.17) is 5.73 Å². The van der Waals surface area contributed by atoms with E-state index in [0.29, 0.717) is 0 Å². The van der Waals surface area contributed by atoms with Crippen molar-refractivity contribution >= 4 is 0 Å². The lowest BCUT2D eigenvalue weighted by molar-refractivity contribution is 0.223. The van der Waals surface area contributed by atoms with Crippen LogP contribution in [-0.2, 0) is 19.6 Å². The van der Waals surface area contributed by atoms with Crippen LogP contribution in [0.5, 0.6) is 0 Å². The molecule has 1 aliphatic rings. The Morgan fingerprint density at radius 2 is 1.75 bits per heavy atom. The van der Waals surface area contributed by atoms with E-state index in [0.717, 1.165) is 26.2 Å². The average molecular weight is 318 g/mol. The summed E-state index contributed by atoms with van der Waals surface area (Å²) in [6.07, 6.45) is 4.11. The highest BCUT2D eigenvalue weighted by molar-refractivity contribution is 5.32. The Labute approximate surface area is 142 Å². The fourth-order valence-corrected chi connectivity index (χ4v) is 3.45. The van der Waals surface area contributed by atoms with Crippen LogP contribution in [0.3, 0.4) is 0 Å². The minimum Gasteiger partial charge on any atom is -0.323 e. The lowest BCUT2D eigenvalue weighted by atomic mass is 9.96. The van der Waals surface area contributed by atoms with Gasteiger partial charge in [-0.1, -0.05) is 54.6 Å². The molecule has 0 aliphatic carbocycles. The van der Waals surface area contributed by atoms with Crippen LogP contribution in [0, 0.1) is 0 Å². The molecule has 1 aliphatic heterocycles. The van der Waals surface area contributed by atoms with Crippen molar-refractivity contribution in [3.05, 3.63) is 89.2 Å². The smallest absolute Gasteiger partial charge is 0.0659 e. The molecular weight excluding hydrogens is 296 g/mol. The van der Waals surface area contributed by atoms with Gasteiger partial charge in [-0.25, -0.2) is 0 Å². The number of nitrogens with two attached hydrogens (primary N) is 1. The molecule has 4 nitrogen and oxygen atoms in total. The molecule has 1 aromatic heterocycles. The van der Waals surface area contributed by atoms with Gasteiger partial charge in [-0.2, -0.15) is 5.10 Å². The molecule has 2 heterocycles. The molecule has 0 bridgehead atoms. The first-order valence-corrected chi connectivity index (χ1v) is 8.39. The Bertz CT molecular complexity index is 809. The van der Waals surface area contributed by atoms with Crippen molar-refractivity contribution in [2.24, 2.45) is 5.73 Å². The Hall–Kier alpha value is -2.43. The third-order valence-electron chi connectivity index (χ3n) is 4.58. The summed E-state index contributed by atoms with van der Waals surface area (Å²) in [6.45, 7) is 3.54. The molecule has 0 spiro atoms. The van der Waals surface area contributed by atoms with Gasteiger partial charge in [-0.3, -0.25) is 9.58 Å². The lowest BCUT2D eigenvalue weighted by Gasteiger charge is -2.32. The Kier molecular flexibility index (Phi) is 4.15. The third kappa shape index (κ3) is 3.25. The van der Waals surface area contributed by atoms with Crippen LogP contribution in [0.15, 0.2) is 67.0 Å². The van der Waals surface area contributed by atoms with Crippen LogP contribution in [0.4, 0.5) is 0 Å². The van der Waals surface area contributed by atoms with Gasteiger partial charge in [0.05, 0.1) is 12.7 Å². The summed E-state index contributed by atoms with van der Waals surface area (Å²) >= 11 is 0. The summed E-state index contributed by atoms with van der Waals surface area (Å²) < 4.78 is 2.00. The van der Waals surface area contributed by atoms with Crippen molar-refractivity contribution in [2.75, 3.05) is 6.54 Å². The molecule has 4 heteroatoms. The first-order chi connectivity index (χ1) is 11.8. The summed E-state index contributed by atoms with van der Waals surface area (Å²) in [6, 6.07) is 19.0. The van der Waals surface area contributed by atoms with Crippen LogP contribution >= 0.6 is 0 Å². The maximum Gasteiger partial charge on any atom is 0.0659 e. The summed E-state index contributed by atoms with van der Waals surface area (Å²) in [7, 11) is 0. The molecule has 2 N–H and O–H groups in total. The maximum absolute atomic E-state index is 6.34. The normalized spacial score (nSPS) is 17.6. The molecule has 0 saturated heterocycles. The molecule has 2 aromatic carbocycles. The van der Waals surface area contributed by atoms with Gasteiger partial charge < -0.3 is 5.73 Å². The zero-order valence-corrected chi connectivity index (χ0v) is 13.7. The molecule has 0 fully saturated rings. The Morgan fingerprint density at radius 3 is 2.62 bits per heavy atom. The quantitative estimate of drug-likeness (QED) is 0.804. The molecule has 1 unspecified atom stereocenters. The third-order valence-corrected chi connectivity index (χ3v) is 4.58. The average Bonchev–Trinajstić information content (AvgIpc) is 3.03. The van der Waals surface area contributed by atoms with Crippen molar-refractivity contribution in [3.8, 4) is 0 Å². The first kappa shape index (κ1) is 15.1. The minimum atomic E-state index is 0.0920. The molecule has 4 rings (SSSR count). The van der Waals surface area contributed by atoms with Crippen LogP contribution in [-0.4, -0.2) is 21.2 Å². The minimum absolute atomic E-state index is 0.0920. The van der Waals surface area contributed by atoms with E-state index in [-0.39, 0.29) is 6.04 Å². The largest absolute Gasteiger partial charge is 0.323 e. The number of aromatic nitrogens is 2.